The Bertz CT molecular complexity index is 582. The average Bonchev–Trinajstić information content (AvgIpc) is 2.85. The molecule has 7 nitrogen and oxygen atoms in total. The molecule has 0 N–H and O–H groups in total. The smallest absolute Gasteiger partial charge is 0.229 e. The van der Waals surface area contributed by atoms with Crippen molar-refractivity contribution in [2.24, 2.45) is 0 Å². The molecule has 2 heterocycles. The first kappa shape index (κ1) is 12.8. The third kappa shape index (κ3) is 2.56. The second-order valence-corrected chi connectivity index (χ2v) is 4.93. The number of hydrogen-bond acceptors (Lipinski definition) is 7. The molecular weight excluding hydrogens is 258 g/mol. The average molecular weight is 275 g/mol. The first-order chi connectivity index (χ1) is 9.76. The van der Waals surface area contributed by atoms with E-state index in [9.17, 15) is 0 Å². The van der Waals surface area contributed by atoms with Crippen LogP contribution in [-0.4, -0.2) is 34.3 Å². The second-order valence-electron chi connectivity index (χ2n) is 4.93. The summed E-state index contributed by atoms with van der Waals surface area (Å²) in [6.45, 7) is 0.503. The maximum absolute atomic E-state index is 5.30. The molecule has 3 rings (SSSR count). The highest BCUT2D eigenvalue weighted by Gasteiger charge is 2.25. The zero-order valence-corrected chi connectivity index (χ0v) is 11.6. The molecule has 0 spiro atoms. The molecule has 1 fully saturated rings. The van der Waals surface area contributed by atoms with Gasteiger partial charge >= 0.3 is 0 Å². The van der Waals surface area contributed by atoms with Crippen molar-refractivity contribution in [3.8, 4) is 5.88 Å². The van der Waals surface area contributed by atoms with Crippen LogP contribution in [0, 0.1) is 0 Å². The van der Waals surface area contributed by atoms with Crippen LogP contribution < -0.4 is 9.64 Å². The Morgan fingerprint density at radius 3 is 2.95 bits per heavy atom. The Morgan fingerprint density at radius 2 is 2.25 bits per heavy atom. The molecule has 1 saturated carbocycles. The van der Waals surface area contributed by atoms with Crippen LogP contribution >= 0.6 is 0 Å². The van der Waals surface area contributed by atoms with Gasteiger partial charge in [-0.2, -0.15) is 9.97 Å². The lowest BCUT2D eigenvalue weighted by atomic mass is 9.85. The molecule has 0 atom stereocenters. The predicted molar refractivity (Wildman–Crippen MR) is 71.6 cm³/mol. The third-order valence-electron chi connectivity index (χ3n) is 3.48. The fraction of sp³-hybridized carbons (Fsp3) is 0.538. The minimum absolute atomic E-state index is 0.453. The van der Waals surface area contributed by atoms with Crippen LogP contribution in [0.25, 0.3) is 0 Å². The number of rotatable bonds is 5. The Balaban J connectivity index is 1.68. The van der Waals surface area contributed by atoms with E-state index in [1.165, 1.54) is 6.42 Å². The van der Waals surface area contributed by atoms with E-state index >= 15 is 0 Å². The largest absolute Gasteiger partial charge is 0.481 e. The van der Waals surface area contributed by atoms with Crippen LogP contribution in [-0.2, 0) is 6.54 Å². The van der Waals surface area contributed by atoms with Gasteiger partial charge in [-0.1, -0.05) is 11.6 Å². The molecule has 1 aliphatic carbocycles. The van der Waals surface area contributed by atoms with Crippen LogP contribution in [0.1, 0.15) is 36.9 Å². The molecule has 2 aromatic heterocycles. The summed E-state index contributed by atoms with van der Waals surface area (Å²) in [5.74, 6) is 2.96. The SMILES string of the molecule is COc1ccnc(N(C)Cc2noc(C3CCC3)n2)n1. The molecule has 106 valence electrons. The molecule has 0 aliphatic heterocycles. The zero-order chi connectivity index (χ0) is 13.9. The van der Waals surface area contributed by atoms with E-state index in [1.807, 2.05) is 11.9 Å². The van der Waals surface area contributed by atoms with E-state index in [0.717, 1.165) is 18.7 Å². The van der Waals surface area contributed by atoms with Gasteiger partial charge in [0.15, 0.2) is 5.82 Å². The monoisotopic (exact) mass is 275 g/mol. The summed E-state index contributed by atoms with van der Waals surface area (Å²) in [6.07, 6.45) is 5.21. The quantitative estimate of drug-likeness (QED) is 0.822. The molecule has 20 heavy (non-hydrogen) atoms. The first-order valence-electron chi connectivity index (χ1n) is 6.67. The standard InChI is InChI=1S/C13H17N5O2/c1-18(13-14-7-6-11(16-13)19-2)8-10-15-12(20-17-10)9-4-3-5-9/h6-7,9H,3-5,8H2,1-2H3. The lowest BCUT2D eigenvalue weighted by Crippen LogP contribution is -2.20. The highest BCUT2D eigenvalue weighted by atomic mass is 16.5. The fourth-order valence-electron chi connectivity index (χ4n) is 2.07. The maximum atomic E-state index is 5.30. The Labute approximate surface area is 117 Å². The van der Waals surface area contributed by atoms with Crippen molar-refractivity contribution in [2.75, 3.05) is 19.1 Å². The van der Waals surface area contributed by atoms with Gasteiger partial charge in [0.1, 0.15) is 0 Å². The molecule has 0 bridgehead atoms. The van der Waals surface area contributed by atoms with Gasteiger partial charge in [0.05, 0.1) is 13.7 Å². The van der Waals surface area contributed by atoms with Gasteiger partial charge in [-0.3, -0.25) is 0 Å². The van der Waals surface area contributed by atoms with E-state index in [-0.39, 0.29) is 0 Å². The summed E-state index contributed by atoms with van der Waals surface area (Å²) in [5.41, 5.74) is 0. The number of methoxy groups -OCH3 is 1. The van der Waals surface area contributed by atoms with E-state index in [2.05, 4.69) is 20.1 Å². The van der Waals surface area contributed by atoms with Crippen LogP contribution in [0.5, 0.6) is 5.88 Å². The van der Waals surface area contributed by atoms with E-state index in [4.69, 9.17) is 9.26 Å². The van der Waals surface area contributed by atoms with E-state index in [1.54, 1.807) is 19.4 Å². The molecule has 0 radical (unpaired) electrons. The molecule has 0 aromatic carbocycles. The summed E-state index contributed by atoms with van der Waals surface area (Å²) >= 11 is 0. The van der Waals surface area contributed by atoms with E-state index < -0.39 is 0 Å². The van der Waals surface area contributed by atoms with Crippen molar-refractivity contribution in [1.29, 1.82) is 0 Å². The van der Waals surface area contributed by atoms with Crippen LogP contribution in [0.4, 0.5) is 5.95 Å². The van der Waals surface area contributed by atoms with Gasteiger partial charge in [-0.15, -0.1) is 0 Å². The van der Waals surface area contributed by atoms with Crippen molar-refractivity contribution in [3.05, 3.63) is 24.0 Å². The fourth-order valence-corrected chi connectivity index (χ4v) is 2.07. The van der Waals surface area contributed by atoms with Crippen molar-refractivity contribution in [2.45, 2.75) is 31.7 Å². The van der Waals surface area contributed by atoms with Crippen molar-refractivity contribution < 1.29 is 9.26 Å². The van der Waals surface area contributed by atoms with Gasteiger partial charge in [0.25, 0.3) is 0 Å². The Hall–Kier alpha value is -2.18. The first-order valence-corrected chi connectivity index (χ1v) is 6.67. The highest BCUT2D eigenvalue weighted by Crippen LogP contribution is 2.35. The van der Waals surface area contributed by atoms with Gasteiger partial charge in [-0.05, 0) is 12.8 Å². The van der Waals surface area contributed by atoms with Gasteiger partial charge < -0.3 is 14.2 Å². The zero-order valence-electron chi connectivity index (χ0n) is 11.6. The maximum Gasteiger partial charge on any atom is 0.229 e. The minimum atomic E-state index is 0.453. The number of hydrogen-bond donors (Lipinski definition) is 0. The summed E-state index contributed by atoms with van der Waals surface area (Å²) < 4.78 is 10.4. The highest BCUT2D eigenvalue weighted by molar-refractivity contribution is 5.30. The number of aromatic nitrogens is 4. The van der Waals surface area contributed by atoms with E-state index in [0.29, 0.717) is 30.1 Å². The molecule has 1 aliphatic rings. The van der Waals surface area contributed by atoms with Gasteiger partial charge in [0, 0.05) is 25.2 Å². The number of anilines is 1. The number of ether oxygens (including phenoxy) is 1. The van der Waals surface area contributed by atoms with Crippen molar-refractivity contribution in [1.82, 2.24) is 20.1 Å². The molecule has 0 amide bonds. The predicted octanol–water partition coefficient (Wildman–Crippen LogP) is 1.77. The lowest BCUT2D eigenvalue weighted by Gasteiger charge is -2.20. The number of nitrogens with zero attached hydrogens (tertiary/aromatic N) is 5. The van der Waals surface area contributed by atoms with Crippen LogP contribution in [0.15, 0.2) is 16.8 Å². The van der Waals surface area contributed by atoms with Crippen molar-refractivity contribution in [3.63, 3.8) is 0 Å². The minimum Gasteiger partial charge on any atom is -0.481 e. The molecule has 2 aromatic rings. The second kappa shape index (κ2) is 5.44. The molecule has 0 saturated heterocycles. The summed E-state index contributed by atoms with van der Waals surface area (Å²) in [5, 5.41) is 4.01. The molecular formula is C13H17N5O2. The third-order valence-corrected chi connectivity index (χ3v) is 3.48. The summed E-state index contributed by atoms with van der Waals surface area (Å²) in [4.78, 5) is 14.8. The summed E-state index contributed by atoms with van der Waals surface area (Å²) in [7, 11) is 3.46. The van der Waals surface area contributed by atoms with Gasteiger partial charge in [-0.25, -0.2) is 4.98 Å². The van der Waals surface area contributed by atoms with Crippen LogP contribution in [0.3, 0.4) is 0 Å². The normalized spacial score (nSPS) is 14.9. The molecule has 0 unspecified atom stereocenters. The topological polar surface area (TPSA) is 77.2 Å². The van der Waals surface area contributed by atoms with Gasteiger partial charge in [0.2, 0.25) is 17.7 Å². The molecule has 7 heteroatoms. The Kier molecular flexibility index (Phi) is 3.49. The summed E-state index contributed by atoms with van der Waals surface area (Å²) in [6, 6.07) is 1.71. The van der Waals surface area contributed by atoms with Crippen LogP contribution in [0.2, 0.25) is 0 Å². The Morgan fingerprint density at radius 1 is 1.40 bits per heavy atom. The van der Waals surface area contributed by atoms with Crippen molar-refractivity contribution >= 4 is 5.95 Å². The lowest BCUT2D eigenvalue weighted by molar-refractivity contribution is 0.291.